The van der Waals surface area contributed by atoms with Gasteiger partial charge in [0.1, 0.15) is 0 Å². The van der Waals surface area contributed by atoms with Crippen molar-refractivity contribution in [3.63, 3.8) is 0 Å². The van der Waals surface area contributed by atoms with Crippen LogP contribution in [0.4, 0.5) is 0 Å². The van der Waals surface area contributed by atoms with E-state index in [2.05, 4.69) is 13.8 Å². The normalized spacial score (nSPS) is 21.8. The van der Waals surface area contributed by atoms with Crippen molar-refractivity contribution in [1.29, 1.82) is 0 Å². The van der Waals surface area contributed by atoms with Crippen LogP contribution in [-0.4, -0.2) is 11.5 Å². The third-order valence-corrected chi connectivity index (χ3v) is 3.84. The second kappa shape index (κ2) is 2.83. The van der Waals surface area contributed by atoms with Crippen LogP contribution in [0.5, 0.6) is 0 Å². The first-order chi connectivity index (χ1) is 3.80. The zero-order valence-electron chi connectivity index (χ0n) is 5.23. The third kappa shape index (κ3) is 1.46. The molecule has 0 radical (unpaired) electrons. The lowest BCUT2D eigenvalue weighted by atomic mass is 10.2. The minimum atomic E-state index is 1.23. The Labute approximate surface area is 58.5 Å². The van der Waals surface area contributed by atoms with Crippen molar-refractivity contribution < 1.29 is 0 Å². The van der Waals surface area contributed by atoms with Crippen molar-refractivity contribution in [3.8, 4) is 0 Å². The quantitative estimate of drug-likeness (QED) is 0.381. The van der Waals surface area contributed by atoms with Crippen LogP contribution in [0.3, 0.4) is 0 Å². The van der Waals surface area contributed by atoms with E-state index in [-0.39, 0.29) is 0 Å². The Morgan fingerprint density at radius 2 is 1.38 bits per heavy atom. The maximum atomic E-state index is 2.22. The lowest BCUT2D eigenvalue weighted by Crippen LogP contribution is -1.94. The first-order valence-electron chi connectivity index (χ1n) is 2.70. The molecule has 1 aliphatic heterocycles. The summed E-state index contributed by atoms with van der Waals surface area (Å²) < 4.78 is 0. The van der Waals surface area contributed by atoms with Crippen molar-refractivity contribution >= 4 is 21.6 Å². The van der Waals surface area contributed by atoms with Gasteiger partial charge in [0.05, 0.1) is 0 Å². The highest BCUT2D eigenvalue weighted by Crippen LogP contribution is 2.32. The molecule has 0 aromatic heterocycles. The molecule has 1 rings (SSSR count). The van der Waals surface area contributed by atoms with E-state index in [1.807, 2.05) is 21.6 Å². The summed E-state index contributed by atoms with van der Waals surface area (Å²) >= 11 is 0. The van der Waals surface area contributed by atoms with Crippen molar-refractivity contribution in [2.24, 2.45) is 0 Å². The van der Waals surface area contributed by atoms with E-state index in [0.29, 0.717) is 0 Å². The predicted molar refractivity (Wildman–Crippen MR) is 43.3 cm³/mol. The molecule has 2 heteroatoms. The van der Waals surface area contributed by atoms with Crippen LogP contribution in [0, 0.1) is 0 Å². The van der Waals surface area contributed by atoms with Crippen LogP contribution >= 0.6 is 21.6 Å². The Balaban J connectivity index is 2.60. The largest absolute Gasteiger partial charge is 0.0894 e. The van der Waals surface area contributed by atoms with Crippen LogP contribution in [0.1, 0.15) is 13.8 Å². The zero-order chi connectivity index (χ0) is 5.98. The molecular formula is C6H10S2. The topological polar surface area (TPSA) is 0 Å². The second-order valence-corrected chi connectivity index (χ2v) is 4.55. The molecule has 0 N–H and O–H groups in total. The molecule has 0 aromatic rings. The fraction of sp³-hybridized carbons (Fsp3) is 0.667. The van der Waals surface area contributed by atoms with E-state index in [9.17, 15) is 0 Å². The minimum Gasteiger partial charge on any atom is -0.0894 e. The summed E-state index contributed by atoms with van der Waals surface area (Å²) in [6.07, 6.45) is 0. The molecule has 1 aliphatic rings. The molecule has 0 saturated carbocycles. The van der Waals surface area contributed by atoms with Gasteiger partial charge in [-0.1, -0.05) is 32.7 Å². The average Bonchev–Trinajstić information content (AvgIpc) is 1.77. The molecule has 0 atom stereocenters. The molecule has 0 aliphatic carbocycles. The van der Waals surface area contributed by atoms with Gasteiger partial charge < -0.3 is 0 Å². The van der Waals surface area contributed by atoms with Gasteiger partial charge in [0, 0.05) is 11.5 Å². The Bertz CT molecular complexity index is 102. The monoisotopic (exact) mass is 146 g/mol. The third-order valence-electron chi connectivity index (χ3n) is 1.36. The van der Waals surface area contributed by atoms with Gasteiger partial charge >= 0.3 is 0 Å². The predicted octanol–water partition coefficient (Wildman–Crippen LogP) is 2.72. The van der Waals surface area contributed by atoms with Gasteiger partial charge in [-0.25, -0.2) is 0 Å². The molecule has 0 unspecified atom stereocenters. The van der Waals surface area contributed by atoms with Crippen LogP contribution in [0.25, 0.3) is 0 Å². The molecule has 46 valence electrons. The fourth-order valence-corrected chi connectivity index (χ4v) is 3.08. The summed E-state index contributed by atoms with van der Waals surface area (Å²) in [5, 5.41) is 0. The van der Waals surface area contributed by atoms with E-state index in [1.165, 1.54) is 11.5 Å². The van der Waals surface area contributed by atoms with Crippen molar-refractivity contribution in [2.75, 3.05) is 11.5 Å². The molecule has 1 heterocycles. The van der Waals surface area contributed by atoms with Crippen molar-refractivity contribution in [1.82, 2.24) is 0 Å². The smallest absolute Gasteiger partial charge is 0.0247 e. The highest BCUT2D eigenvalue weighted by Gasteiger charge is 2.03. The molecule has 0 amide bonds. The maximum absolute atomic E-state index is 2.22. The molecule has 0 aromatic carbocycles. The second-order valence-electron chi connectivity index (χ2n) is 2.09. The number of hydrogen-bond acceptors (Lipinski definition) is 2. The number of hydrogen-bond donors (Lipinski definition) is 0. The molecule has 0 bridgehead atoms. The highest BCUT2D eigenvalue weighted by molar-refractivity contribution is 8.76. The zero-order valence-corrected chi connectivity index (χ0v) is 6.86. The van der Waals surface area contributed by atoms with Gasteiger partial charge in [-0.05, 0) is 13.8 Å². The van der Waals surface area contributed by atoms with E-state index < -0.39 is 0 Å². The van der Waals surface area contributed by atoms with Gasteiger partial charge in [0.15, 0.2) is 0 Å². The molecule has 0 nitrogen and oxygen atoms in total. The summed E-state index contributed by atoms with van der Waals surface area (Å²) in [4.78, 5) is 0. The molecule has 8 heavy (non-hydrogen) atoms. The first kappa shape index (κ1) is 6.56. The Morgan fingerprint density at radius 1 is 1.00 bits per heavy atom. The number of rotatable bonds is 0. The maximum Gasteiger partial charge on any atom is 0.0247 e. The molecule has 0 fully saturated rings. The SMILES string of the molecule is CC1=C(C)CSSC1. The summed E-state index contributed by atoms with van der Waals surface area (Å²) in [5.74, 6) is 2.47. The average molecular weight is 146 g/mol. The summed E-state index contributed by atoms with van der Waals surface area (Å²) in [5.41, 5.74) is 3.16. The van der Waals surface area contributed by atoms with Gasteiger partial charge in [-0.15, -0.1) is 0 Å². The van der Waals surface area contributed by atoms with E-state index in [1.54, 1.807) is 11.1 Å². The Kier molecular flexibility index (Phi) is 2.32. The van der Waals surface area contributed by atoms with Gasteiger partial charge in [0.25, 0.3) is 0 Å². The minimum absolute atomic E-state index is 1.23. The molecule has 0 spiro atoms. The van der Waals surface area contributed by atoms with Gasteiger partial charge in [-0.2, -0.15) is 0 Å². The summed E-state index contributed by atoms with van der Waals surface area (Å²) in [6, 6.07) is 0. The standard InChI is InChI=1S/C6H10S2/c1-5-3-7-8-4-6(5)2/h3-4H2,1-2H3. The highest BCUT2D eigenvalue weighted by atomic mass is 33.1. The lowest BCUT2D eigenvalue weighted by molar-refractivity contribution is 1.25. The van der Waals surface area contributed by atoms with Gasteiger partial charge in [-0.3, -0.25) is 0 Å². The lowest BCUT2D eigenvalue weighted by Gasteiger charge is -2.11. The van der Waals surface area contributed by atoms with E-state index >= 15 is 0 Å². The van der Waals surface area contributed by atoms with Crippen LogP contribution < -0.4 is 0 Å². The molecular weight excluding hydrogens is 136 g/mol. The van der Waals surface area contributed by atoms with E-state index in [4.69, 9.17) is 0 Å². The summed E-state index contributed by atoms with van der Waals surface area (Å²) in [6.45, 7) is 4.45. The van der Waals surface area contributed by atoms with Crippen LogP contribution in [-0.2, 0) is 0 Å². The van der Waals surface area contributed by atoms with Crippen molar-refractivity contribution in [3.05, 3.63) is 11.1 Å². The Morgan fingerprint density at radius 3 is 1.62 bits per heavy atom. The first-order valence-corrected chi connectivity index (χ1v) is 5.19. The van der Waals surface area contributed by atoms with Crippen LogP contribution in [0.2, 0.25) is 0 Å². The van der Waals surface area contributed by atoms with Crippen LogP contribution in [0.15, 0.2) is 11.1 Å². The molecule has 0 saturated heterocycles. The van der Waals surface area contributed by atoms with E-state index in [0.717, 1.165) is 0 Å². The Hall–Kier alpha value is 0.440. The summed E-state index contributed by atoms with van der Waals surface area (Å²) in [7, 11) is 3.93. The van der Waals surface area contributed by atoms with Crippen molar-refractivity contribution in [2.45, 2.75) is 13.8 Å². The van der Waals surface area contributed by atoms with Gasteiger partial charge in [0.2, 0.25) is 0 Å². The fourth-order valence-electron chi connectivity index (χ4n) is 0.507.